The Kier molecular flexibility index (Phi) is 4.76. The maximum absolute atomic E-state index is 12.1. The Balaban J connectivity index is 1.90. The minimum Gasteiger partial charge on any atom is -0.384 e. The number of benzene rings is 1. The smallest absolute Gasteiger partial charge is 0.321 e. The number of nitrogens with zero attached hydrogens (tertiary/aromatic N) is 1. The van der Waals surface area contributed by atoms with Gasteiger partial charge < -0.3 is 20.7 Å². The van der Waals surface area contributed by atoms with Crippen molar-refractivity contribution in [2.24, 2.45) is 11.7 Å². The highest BCUT2D eigenvalue weighted by atomic mass is 16.5. The van der Waals surface area contributed by atoms with Crippen LogP contribution in [0.5, 0.6) is 0 Å². The third-order valence-electron chi connectivity index (χ3n) is 3.39. The van der Waals surface area contributed by atoms with Crippen LogP contribution in [-0.2, 0) is 11.3 Å². The van der Waals surface area contributed by atoms with E-state index >= 15 is 0 Å². The average Bonchev–Trinajstić information content (AvgIpc) is 2.88. The number of hydrogen-bond acceptors (Lipinski definition) is 3. The summed E-state index contributed by atoms with van der Waals surface area (Å²) in [6, 6.07) is 7.57. The van der Waals surface area contributed by atoms with E-state index in [-0.39, 0.29) is 6.03 Å². The Morgan fingerprint density at radius 3 is 3.16 bits per heavy atom. The van der Waals surface area contributed by atoms with Gasteiger partial charge in [-0.05, 0) is 24.1 Å². The van der Waals surface area contributed by atoms with E-state index in [1.54, 1.807) is 7.11 Å². The quantitative estimate of drug-likeness (QED) is 0.868. The standard InChI is InChI=1S/C14H21N3O2/c1-19-10-12-5-6-17(9-12)14(18)16-13-4-2-3-11(7-13)8-15/h2-4,7,12H,5-6,8-10,15H2,1H3,(H,16,18). The lowest BCUT2D eigenvalue weighted by Gasteiger charge is -2.17. The molecule has 0 bridgehead atoms. The Morgan fingerprint density at radius 2 is 2.42 bits per heavy atom. The molecule has 1 aromatic carbocycles. The molecule has 0 radical (unpaired) electrons. The summed E-state index contributed by atoms with van der Waals surface area (Å²) in [6.45, 7) is 2.74. The van der Waals surface area contributed by atoms with Gasteiger partial charge in [-0.2, -0.15) is 0 Å². The van der Waals surface area contributed by atoms with E-state index in [1.165, 1.54) is 0 Å². The number of nitrogens with one attached hydrogen (secondary N) is 1. The first kappa shape index (κ1) is 13.8. The van der Waals surface area contributed by atoms with Crippen molar-refractivity contribution in [3.05, 3.63) is 29.8 Å². The van der Waals surface area contributed by atoms with Crippen molar-refractivity contribution < 1.29 is 9.53 Å². The molecule has 2 amide bonds. The van der Waals surface area contributed by atoms with Gasteiger partial charge in [0.1, 0.15) is 0 Å². The van der Waals surface area contributed by atoms with Crippen LogP contribution >= 0.6 is 0 Å². The summed E-state index contributed by atoms with van der Waals surface area (Å²) in [5.74, 6) is 0.450. The maximum atomic E-state index is 12.1. The molecule has 0 aliphatic carbocycles. The lowest BCUT2D eigenvalue weighted by atomic mass is 10.1. The molecule has 0 saturated carbocycles. The summed E-state index contributed by atoms with van der Waals surface area (Å²) < 4.78 is 5.13. The lowest BCUT2D eigenvalue weighted by molar-refractivity contribution is 0.154. The van der Waals surface area contributed by atoms with Gasteiger partial charge in [-0.25, -0.2) is 4.79 Å². The van der Waals surface area contributed by atoms with Crippen LogP contribution in [0, 0.1) is 5.92 Å². The van der Waals surface area contributed by atoms with Crippen LogP contribution in [0.1, 0.15) is 12.0 Å². The van der Waals surface area contributed by atoms with Gasteiger partial charge in [0.15, 0.2) is 0 Å². The molecule has 5 nitrogen and oxygen atoms in total. The van der Waals surface area contributed by atoms with Crippen molar-refractivity contribution in [1.82, 2.24) is 4.90 Å². The fraction of sp³-hybridized carbons (Fsp3) is 0.500. The Morgan fingerprint density at radius 1 is 1.58 bits per heavy atom. The molecule has 0 aromatic heterocycles. The number of ether oxygens (including phenoxy) is 1. The van der Waals surface area contributed by atoms with E-state index in [2.05, 4.69) is 5.32 Å². The van der Waals surface area contributed by atoms with Crippen LogP contribution in [-0.4, -0.2) is 37.7 Å². The van der Waals surface area contributed by atoms with E-state index in [0.717, 1.165) is 30.8 Å². The molecule has 1 fully saturated rings. The zero-order valence-corrected chi connectivity index (χ0v) is 11.3. The molecule has 5 heteroatoms. The topological polar surface area (TPSA) is 67.6 Å². The largest absolute Gasteiger partial charge is 0.384 e. The summed E-state index contributed by atoms with van der Waals surface area (Å²) >= 11 is 0. The molecule has 1 atom stereocenters. The molecule has 1 aliphatic heterocycles. The van der Waals surface area contributed by atoms with Crippen molar-refractivity contribution in [3.63, 3.8) is 0 Å². The van der Waals surface area contributed by atoms with Crippen LogP contribution in [0.3, 0.4) is 0 Å². The second-order valence-electron chi connectivity index (χ2n) is 4.89. The third-order valence-corrected chi connectivity index (χ3v) is 3.39. The predicted molar refractivity (Wildman–Crippen MR) is 74.9 cm³/mol. The van der Waals surface area contributed by atoms with Gasteiger partial charge in [0.05, 0.1) is 6.61 Å². The Hall–Kier alpha value is -1.59. The van der Waals surface area contributed by atoms with Crippen LogP contribution in [0.15, 0.2) is 24.3 Å². The third kappa shape index (κ3) is 3.68. The number of methoxy groups -OCH3 is 1. The predicted octanol–water partition coefficient (Wildman–Crippen LogP) is 1.65. The van der Waals surface area contributed by atoms with Crippen molar-refractivity contribution in [2.75, 3.05) is 32.1 Å². The van der Waals surface area contributed by atoms with Gasteiger partial charge in [0.25, 0.3) is 0 Å². The molecule has 104 valence electrons. The molecule has 0 spiro atoms. The number of nitrogens with two attached hydrogens (primary N) is 1. The molecule has 2 rings (SSSR count). The summed E-state index contributed by atoms with van der Waals surface area (Å²) in [6.07, 6.45) is 1.00. The van der Waals surface area contributed by atoms with Crippen LogP contribution in [0.2, 0.25) is 0 Å². The van der Waals surface area contributed by atoms with Gasteiger partial charge in [0.2, 0.25) is 0 Å². The van der Waals surface area contributed by atoms with Crippen LogP contribution in [0.4, 0.5) is 10.5 Å². The summed E-state index contributed by atoms with van der Waals surface area (Å²) in [5.41, 5.74) is 7.39. The summed E-state index contributed by atoms with van der Waals surface area (Å²) in [7, 11) is 1.70. The van der Waals surface area contributed by atoms with E-state index in [4.69, 9.17) is 10.5 Å². The van der Waals surface area contributed by atoms with Crippen molar-refractivity contribution >= 4 is 11.7 Å². The number of amides is 2. The molecule has 19 heavy (non-hydrogen) atoms. The zero-order chi connectivity index (χ0) is 13.7. The number of likely N-dealkylation sites (tertiary alicyclic amines) is 1. The molecule has 3 N–H and O–H groups in total. The highest BCUT2D eigenvalue weighted by molar-refractivity contribution is 5.89. The second kappa shape index (κ2) is 6.54. The summed E-state index contributed by atoms with van der Waals surface area (Å²) in [4.78, 5) is 13.9. The Labute approximate surface area is 113 Å². The monoisotopic (exact) mass is 263 g/mol. The van der Waals surface area contributed by atoms with Crippen LogP contribution < -0.4 is 11.1 Å². The number of hydrogen-bond donors (Lipinski definition) is 2. The number of anilines is 1. The average molecular weight is 263 g/mol. The number of carbonyl (C=O) groups excluding carboxylic acids is 1. The molecule has 1 heterocycles. The highest BCUT2D eigenvalue weighted by Crippen LogP contribution is 2.18. The number of urea groups is 1. The fourth-order valence-electron chi connectivity index (χ4n) is 2.37. The first-order valence-corrected chi connectivity index (χ1v) is 6.57. The van der Waals surface area contributed by atoms with E-state index in [9.17, 15) is 4.79 Å². The van der Waals surface area contributed by atoms with Gasteiger partial charge in [0, 0.05) is 38.3 Å². The van der Waals surface area contributed by atoms with Gasteiger partial charge in [-0.1, -0.05) is 12.1 Å². The SMILES string of the molecule is COCC1CCN(C(=O)Nc2cccc(CN)c2)C1. The van der Waals surface area contributed by atoms with E-state index in [0.29, 0.717) is 19.1 Å². The molecular weight excluding hydrogens is 242 g/mol. The van der Waals surface area contributed by atoms with Gasteiger partial charge in [-0.3, -0.25) is 0 Å². The van der Waals surface area contributed by atoms with Crippen molar-refractivity contribution in [1.29, 1.82) is 0 Å². The minimum absolute atomic E-state index is 0.0484. The van der Waals surface area contributed by atoms with Crippen molar-refractivity contribution in [3.8, 4) is 0 Å². The lowest BCUT2D eigenvalue weighted by Crippen LogP contribution is -2.33. The fourth-order valence-corrected chi connectivity index (χ4v) is 2.37. The maximum Gasteiger partial charge on any atom is 0.321 e. The molecule has 1 aromatic rings. The van der Waals surface area contributed by atoms with E-state index in [1.807, 2.05) is 29.2 Å². The first-order chi connectivity index (χ1) is 9.22. The zero-order valence-electron chi connectivity index (χ0n) is 11.3. The molecular formula is C14H21N3O2. The van der Waals surface area contributed by atoms with E-state index < -0.39 is 0 Å². The highest BCUT2D eigenvalue weighted by Gasteiger charge is 2.26. The number of carbonyl (C=O) groups is 1. The Bertz CT molecular complexity index is 436. The number of rotatable bonds is 4. The molecule has 1 aliphatic rings. The summed E-state index contributed by atoms with van der Waals surface area (Å²) in [5, 5.41) is 2.91. The van der Waals surface area contributed by atoms with Crippen LogP contribution in [0.25, 0.3) is 0 Å². The van der Waals surface area contributed by atoms with Gasteiger partial charge >= 0.3 is 6.03 Å². The minimum atomic E-state index is -0.0484. The molecule has 1 saturated heterocycles. The first-order valence-electron chi connectivity index (χ1n) is 6.57. The molecule has 1 unspecified atom stereocenters. The van der Waals surface area contributed by atoms with Gasteiger partial charge in [-0.15, -0.1) is 0 Å². The van der Waals surface area contributed by atoms with Crippen molar-refractivity contribution in [2.45, 2.75) is 13.0 Å². The second-order valence-corrected chi connectivity index (χ2v) is 4.89. The normalized spacial score (nSPS) is 18.6.